The molecule has 84 valence electrons. The van der Waals surface area contributed by atoms with Crippen LogP contribution in [0.1, 0.15) is 25.8 Å². The molecule has 1 aliphatic rings. The summed E-state index contributed by atoms with van der Waals surface area (Å²) in [5.74, 6) is 0.801. The van der Waals surface area contributed by atoms with Crippen molar-refractivity contribution >= 4 is 15.9 Å². The molecule has 1 unspecified atom stereocenters. The molecule has 0 spiro atoms. The van der Waals surface area contributed by atoms with Gasteiger partial charge in [0.1, 0.15) is 5.75 Å². The minimum Gasteiger partial charge on any atom is -0.496 e. The Labute approximate surface area is 104 Å². The van der Waals surface area contributed by atoms with Crippen LogP contribution in [0.25, 0.3) is 0 Å². The van der Waals surface area contributed by atoms with Crippen molar-refractivity contribution in [3.63, 3.8) is 0 Å². The van der Waals surface area contributed by atoms with Gasteiger partial charge in [-0.25, -0.2) is 0 Å². The summed E-state index contributed by atoms with van der Waals surface area (Å²) in [6.45, 7) is 4.27. The first-order valence-electron chi connectivity index (χ1n) is 5.22. The third-order valence-electron chi connectivity index (χ3n) is 3.57. The number of benzene rings is 1. The fourth-order valence-electron chi connectivity index (χ4n) is 2.30. The second-order valence-corrected chi connectivity index (χ2v) is 5.78. The molecule has 2 rings (SSSR count). The first-order chi connectivity index (χ1) is 7.47. The van der Waals surface area contributed by atoms with Crippen molar-refractivity contribution in [2.45, 2.75) is 25.7 Å². The predicted molar refractivity (Wildman–Crippen MR) is 66.4 cm³/mol. The highest BCUT2D eigenvalue weighted by Gasteiger charge is 2.63. The Morgan fingerprint density at radius 1 is 1.44 bits per heavy atom. The predicted octanol–water partition coefficient (Wildman–Crippen LogP) is 3.65. The number of nitriles is 1. The van der Waals surface area contributed by atoms with Crippen molar-refractivity contribution in [2.75, 3.05) is 7.11 Å². The molecule has 0 heterocycles. The van der Waals surface area contributed by atoms with Crippen LogP contribution in [0.15, 0.2) is 22.7 Å². The molecule has 0 bridgehead atoms. The molecule has 0 N–H and O–H groups in total. The summed E-state index contributed by atoms with van der Waals surface area (Å²) in [6.07, 6.45) is 0.926. The summed E-state index contributed by atoms with van der Waals surface area (Å²) >= 11 is 3.46. The summed E-state index contributed by atoms with van der Waals surface area (Å²) in [4.78, 5) is 0. The van der Waals surface area contributed by atoms with Crippen molar-refractivity contribution in [3.8, 4) is 11.8 Å². The summed E-state index contributed by atoms with van der Waals surface area (Å²) in [7, 11) is 1.64. The maximum Gasteiger partial charge on any atom is 0.133 e. The van der Waals surface area contributed by atoms with Gasteiger partial charge in [0.05, 0.1) is 23.1 Å². The van der Waals surface area contributed by atoms with E-state index in [1.54, 1.807) is 7.11 Å². The normalized spacial score (nSPS) is 25.9. The fraction of sp³-hybridized carbons (Fsp3) is 0.462. The maximum absolute atomic E-state index is 9.37. The molecule has 2 nitrogen and oxygen atoms in total. The summed E-state index contributed by atoms with van der Waals surface area (Å²) in [6, 6.07) is 8.36. The highest BCUT2D eigenvalue weighted by Crippen LogP contribution is 2.64. The number of nitrogens with zero attached hydrogens (tertiary/aromatic N) is 1. The van der Waals surface area contributed by atoms with Crippen LogP contribution in [0.4, 0.5) is 0 Å². The van der Waals surface area contributed by atoms with Gasteiger partial charge in [0, 0.05) is 0 Å². The SMILES string of the molecule is COc1ccc(C2(C#N)CC2(C)C)cc1Br. The van der Waals surface area contributed by atoms with Crippen LogP contribution >= 0.6 is 15.9 Å². The van der Waals surface area contributed by atoms with E-state index in [2.05, 4.69) is 35.8 Å². The number of hydrogen-bond donors (Lipinski definition) is 0. The van der Waals surface area contributed by atoms with Crippen molar-refractivity contribution in [1.29, 1.82) is 5.26 Å². The Kier molecular flexibility index (Phi) is 2.51. The van der Waals surface area contributed by atoms with E-state index in [0.29, 0.717) is 0 Å². The van der Waals surface area contributed by atoms with E-state index in [1.807, 2.05) is 18.2 Å². The van der Waals surface area contributed by atoms with Gasteiger partial charge in [0.2, 0.25) is 0 Å². The van der Waals surface area contributed by atoms with Gasteiger partial charge in [-0.2, -0.15) is 5.26 Å². The Hall–Kier alpha value is -1.01. The molecule has 1 saturated carbocycles. The second kappa shape index (κ2) is 3.49. The number of hydrogen-bond acceptors (Lipinski definition) is 2. The smallest absolute Gasteiger partial charge is 0.133 e. The molecule has 0 amide bonds. The average molecular weight is 280 g/mol. The van der Waals surface area contributed by atoms with Crippen LogP contribution in [0.5, 0.6) is 5.75 Å². The maximum atomic E-state index is 9.37. The van der Waals surface area contributed by atoms with Crippen LogP contribution in [0.3, 0.4) is 0 Å². The van der Waals surface area contributed by atoms with Gasteiger partial charge < -0.3 is 4.74 Å². The van der Waals surface area contributed by atoms with E-state index < -0.39 is 0 Å². The van der Waals surface area contributed by atoms with Crippen LogP contribution < -0.4 is 4.74 Å². The molecule has 1 fully saturated rings. The Balaban J connectivity index is 2.44. The lowest BCUT2D eigenvalue weighted by atomic mass is 9.89. The number of halogens is 1. The third-order valence-corrected chi connectivity index (χ3v) is 4.19. The molecular weight excluding hydrogens is 266 g/mol. The van der Waals surface area contributed by atoms with Gasteiger partial charge in [-0.05, 0) is 45.5 Å². The monoisotopic (exact) mass is 279 g/mol. The molecule has 3 heteroatoms. The zero-order chi connectivity index (χ0) is 12.0. The van der Waals surface area contributed by atoms with E-state index in [9.17, 15) is 5.26 Å². The number of methoxy groups -OCH3 is 1. The summed E-state index contributed by atoms with van der Waals surface area (Å²) in [5, 5.41) is 9.37. The van der Waals surface area contributed by atoms with E-state index in [-0.39, 0.29) is 10.8 Å². The molecule has 1 aromatic rings. The van der Waals surface area contributed by atoms with E-state index in [0.717, 1.165) is 22.2 Å². The highest BCUT2D eigenvalue weighted by atomic mass is 79.9. The average Bonchev–Trinajstić information content (AvgIpc) is 2.82. The molecule has 0 saturated heterocycles. The Bertz CT molecular complexity index is 475. The zero-order valence-corrected chi connectivity index (χ0v) is 11.3. The molecule has 1 aromatic carbocycles. The number of ether oxygens (including phenoxy) is 1. The molecule has 0 radical (unpaired) electrons. The lowest BCUT2D eigenvalue weighted by Gasteiger charge is -2.14. The zero-order valence-electron chi connectivity index (χ0n) is 9.67. The van der Waals surface area contributed by atoms with Crippen LogP contribution in [0, 0.1) is 16.7 Å². The van der Waals surface area contributed by atoms with Gasteiger partial charge in [-0.3, -0.25) is 0 Å². The van der Waals surface area contributed by atoms with E-state index in [1.165, 1.54) is 0 Å². The second-order valence-electron chi connectivity index (χ2n) is 4.93. The van der Waals surface area contributed by atoms with Gasteiger partial charge in [0.15, 0.2) is 0 Å². The van der Waals surface area contributed by atoms with Gasteiger partial charge in [0.25, 0.3) is 0 Å². The third kappa shape index (κ3) is 1.44. The summed E-state index contributed by atoms with van der Waals surface area (Å²) < 4.78 is 6.10. The highest BCUT2D eigenvalue weighted by molar-refractivity contribution is 9.10. The van der Waals surface area contributed by atoms with Gasteiger partial charge in [-0.1, -0.05) is 19.9 Å². The molecule has 1 atom stereocenters. The van der Waals surface area contributed by atoms with Crippen molar-refractivity contribution in [2.24, 2.45) is 5.41 Å². The van der Waals surface area contributed by atoms with Crippen molar-refractivity contribution < 1.29 is 4.74 Å². The molecule has 16 heavy (non-hydrogen) atoms. The van der Waals surface area contributed by atoms with Crippen molar-refractivity contribution in [1.82, 2.24) is 0 Å². The molecular formula is C13H14BrNO. The minimum atomic E-state index is -0.318. The quantitative estimate of drug-likeness (QED) is 0.828. The van der Waals surface area contributed by atoms with Gasteiger partial charge in [-0.15, -0.1) is 0 Å². The standard InChI is InChI=1S/C13H14BrNO/c1-12(2)7-13(12,8-15)9-4-5-11(16-3)10(14)6-9/h4-6H,7H2,1-3H3. The number of rotatable bonds is 2. The first-order valence-corrected chi connectivity index (χ1v) is 6.01. The van der Waals surface area contributed by atoms with Gasteiger partial charge >= 0.3 is 0 Å². The topological polar surface area (TPSA) is 33.0 Å². The molecule has 0 aliphatic heterocycles. The lowest BCUT2D eigenvalue weighted by molar-refractivity contribution is 0.411. The van der Waals surface area contributed by atoms with Crippen LogP contribution in [0.2, 0.25) is 0 Å². The van der Waals surface area contributed by atoms with Crippen LogP contribution in [-0.4, -0.2) is 7.11 Å². The Morgan fingerprint density at radius 2 is 2.06 bits per heavy atom. The largest absolute Gasteiger partial charge is 0.496 e. The van der Waals surface area contributed by atoms with Crippen LogP contribution in [-0.2, 0) is 5.41 Å². The fourth-order valence-corrected chi connectivity index (χ4v) is 2.84. The van der Waals surface area contributed by atoms with E-state index in [4.69, 9.17) is 4.74 Å². The van der Waals surface area contributed by atoms with E-state index >= 15 is 0 Å². The molecule has 1 aliphatic carbocycles. The van der Waals surface area contributed by atoms with Crippen molar-refractivity contribution in [3.05, 3.63) is 28.2 Å². The Morgan fingerprint density at radius 3 is 2.44 bits per heavy atom. The lowest BCUT2D eigenvalue weighted by Crippen LogP contribution is -2.11. The molecule has 0 aromatic heterocycles. The first kappa shape index (κ1) is 11.5. The summed E-state index contributed by atoms with van der Waals surface area (Å²) in [5.41, 5.74) is 0.838. The minimum absolute atomic E-state index is 0.0791.